The van der Waals surface area contributed by atoms with Crippen molar-refractivity contribution in [3.8, 4) is 0 Å². The molecule has 6 heteroatoms. The van der Waals surface area contributed by atoms with E-state index in [9.17, 15) is 14.0 Å². The summed E-state index contributed by atoms with van der Waals surface area (Å²) in [5, 5.41) is 11.8. The van der Waals surface area contributed by atoms with Crippen LogP contribution < -0.4 is 5.32 Å². The third-order valence-corrected chi connectivity index (χ3v) is 3.38. The number of rotatable bonds is 3. The van der Waals surface area contributed by atoms with Gasteiger partial charge < -0.3 is 15.3 Å². The molecule has 0 radical (unpaired) electrons. The topological polar surface area (TPSA) is 69.6 Å². The van der Waals surface area contributed by atoms with Crippen LogP contribution in [-0.4, -0.2) is 34.1 Å². The molecular formula is C13H15FN2O3. The first-order chi connectivity index (χ1) is 8.82. The summed E-state index contributed by atoms with van der Waals surface area (Å²) in [5.74, 6) is -1.42. The number of nitrogens with zero attached hydrogens (tertiary/aromatic N) is 1. The van der Waals surface area contributed by atoms with Gasteiger partial charge in [0, 0.05) is 6.54 Å². The maximum Gasteiger partial charge on any atom is 0.329 e. The quantitative estimate of drug-likeness (QED) is 0.875. The Bertz CT molecular complexity index is 513. The fourth-order valence-electron chi connectivity index (χ4n) is 2.02. The summed E-state index contributed by atoms with van der Waals surface area (Å²) in [6, 6.07) is 5.03. The number of hydrogen-bond donors (Lipinski definition) is 2. The van der Waals surface area contributed by atoms with E-state index in [-0.39, 0.29) is 18.4 Å². The monoisotopic (exact) mass is 266 g/mol. The maximum atomic E-state index is 12.8. The standard InChI is InChI=1S/C13H15FN2O3/c1-13(2,11(17)18)16-7-10(15-12(16)19)8-3-5-9(14)6-4-8/h3-6,10H,7H2,1-2H3,(H,15,19)(H,17,18). The molecule has 19 heavy (non-hydrogen) atoms. The normalized spacial score (nSPS) is 19.4. The zero-order chi connectivity index (χ0) is 14.2. The Hall–Kier alpha value is -2.11. The predicted molar refractivity (Wildman–Crippen MR) is 66.1 cm³/mol. The van der Waals surface area contributed by atoms with Crippen LogP contribution in [0.15, 0.2) is 24.3 Å². The van der Waals surface area contributed by atoms with Gasteiger partial charge in [-0.05, 0) is 31.5 Å². The molecule has 0 spiro atoms. The summed E-state index contributed by atoms with van der Waals surface area (Å²) in [4.78, 5) is 24.3. The van der Waals surface area contributed by atoms with Crippen LogP contribution in [0.4, 0.5) is 9.18 Å². The molecule has 1 heterocycles. The Morgan fingerprint density at radius 1 is 1.42 bits per heavy atom. The number of halogens is 1. The molecule has 102 valence electrons. The smallest absolute Gasteiger partial charge is 0.329 e. The van der Waals surface area contributed by atoms with Crippen LogP contribution in [0.25, 0.3) is 0 Å². The van der Waals surface area contributed by atoms with Crippen molar-refractivity contribution in [2.24, 2.45) is 0 Å². The number of carboxylic acid groups (broad SMARTS) is 1. The second-order valence-electron chi connectivity index (χ2n) is 5.03. The van der Waals surface area contributed by atoms with E-state index >= 15 is 0 Å². The average Bonchev–Trinajstić information content (AvgIpc) is 2.72. The van der Waals surface area contributed by atoms with Gasteiger partial charge in [0.05, 0.1) is 6.04 Å². The van der Waals surface area contributed by atoms with Crippen LogP contribution in [0.5, 0.6) is 0 Å². The molecule has 0 saturated carbocycles. The van der Waals surface area contributed by atoms with Crippen molar-refractivity contribution < 1.29 is 19.1 Å². The third-order valence-electron chi connectivity index (χ3n) is 3.38. The van der Waals surface area contributed by atoms with Crippen LogP contribution >= 0.6 is 0 Å². The van der Waals surface area contributed by atoms with E-state index in [1.54, 1.807) is 12.1 Å². The Kier molecular flexibility index (Phi) is 3.18. The lowest BCUT2D eigenvalue weighted by atomic mass is 10.0. The Morgan fingerprint density at radius 3 is 2.53 bits per heavy atom. The fraction of sp³-hybridized carbons (Fsp3) is 0.385. The van der Waals surface area contributed by atoms with Crippen LogP contribution in [0.1, 0.15) is 25.5 Å². The fourth-order valence-corrected chi connectivity index (χ4v) is 2.02. The highest BCUT2D eigenvalue weighted by Crippen LogP contribution is 2.26. The molecule has 0 bridgehead atoms. The molecule has 1 saturated heterocycles. The molecule has 0 aromatic heterocycles. The molecule has 1 aliphatic rings. The van der Waals surface area contributed by atoms with Gasteiger partial charge in [-0.3, -0.25) is 0 Å². The van der Waals surface area contributed by atoms with Crippen LogP contribution in [0, 0.1) is 5.82 Å². The summed E-state index contributed by atoms with van der Waals surface area (Å²) in [7, 11) is 0. The molecule has 0 aliphatic carbocycles. The molecule has 2 amide bonds. The van der Waals surface area contributed by atoms with Crippen molar-refractivity contribution in [1.82, 2.24) is 10.2 Å². The Morgan fingerprint density at radius 2 is 2.00 bits per heavy atom. The average molecular weight is 266 g/mol. The van der Waals surface area contributed by atoms with Gasteiger partial charge in [0.1, 0.15) is 11.4 Å². The van der Waals surface area contributed by atoms with E-state index in [0.29, 0.717) is 0 Å². The van der Waals surface area contributed by atoms with Crippen molar-refractivity contribution in [2.75, 3.05) is 6.54 Å². The summed E-state index contributed by atoms with van der Waals surface area (Å²) in [6.45, 7) is 3.19. The molecule has 1 aromatic carbocycles. The van der Waals surface area contributed by atoms with Gasteiger partial charge in [0.15, 0.2) is 0 Å². The minimum absolute atomic E-state index is 0.240. The molecule has 5 nitrogen and oxygen atoms in total. The largest absolute Gasteiger partial charge is 0.480 e. The number of benzene rings is 1. The van der Waals surface area contributed by atoms with Gasteiger partial charge in [0.25, 0.3) is 0 Å². The summed E-state index contributed by atoms with van der Waals surface area (Å²) in [6.07, 6.45) is 0. The van der Waals surface area contributed by atoms with E-state index < -0.39 is 17.5 Å². The van der Waals surface area contributed by atoms with E-state index in [4.69, 9.17) is 5.11 Å². The molecule has 2 N–H and O–H groups in total. The van der Waals surface area contributed by atoms with E-state index in [1.807, 2.05) is 0 Å². The third kappa shape index (κ3) is 2.38. The van der Waals surface area contributed by atoms with E-state index in [1.165, 1.54) is 30.9 Å². The maximum absolute atomic E-state index is 12.8. The minimum atomic E-state index is -1.28. The lowest BCUT2D eigenvalue weighted by Gasteiger charge is -2.30. The molecule has 1 unspecified atom stereocenters. The van der Waals surface area contributed by atoms with Crippen molar-refractivity contribution in [3.63, 3.8) is 0 Å². The van der Waals surface area contributed by atoms with Crippen LogP contribution in [-0.2, 0) is 4.79 Å². The van der Waals surface area contributed by atoms with E-state index in [0.717, 1.165) is 5.56 Å². The number of urea groups is 1. The highest BCUT2D eigenvalue weighted by Gasteiger charge is 2.43. The van der Waals surface area contributed by atoms with Crippen molar-refractivity contribution in [3.05, 3.63) is 35.6 Å². The van der Waals surface area contributed by atoms with Crippen molar-refractivity contribution in [1.29, 1.82) is 0 Å². The predicted octanol–water partition coefficient (Wildman–Crippen LogP) is 1.76. The number of carboxylic acids is 1. The minimum Gasteiger partial charge on any atom is -0.480 e. The van der Waals surface area contributed by atoms with Crippen molar-refractivity contribution >= 4 is 12.0 Å². The lowest BCUT2D eigenvalue weighted by molar-refractivity contribution is -0.147. The first-order valence-corrected chi connectivity index (χ1v) is 5.89. The molecule has 1 atom stereocenters. The van der Waals surface area contributed by atoms with Crippen LogP contribution in [0.2, 0.25) is 0 Å². The van der Waals surface area contributed by atoms with Gasteiger partial charge in [-0.15, -0.1) is 0 Å². The number of hydrogen-bond acceptors (Lipinski definition) is 2. The van der Waals surface area contributed by atoms with Gasteiger partial charge in [-0.25, -0.2) is 14.0 Å². The number of carbonyl (C=O) groups is 2. The van der Waals surface area contributed by atoms with Crippen molar-refractivity contribution in [2.45, 2.75) is 25.4 Å². The summed E-state index contributed by atoms with van der Waals surface area (Å²) in [5.41, 5.74) is -0.530. The number of carbonyl (C=O) groups excluding carboxylic acids is 1. The molecule has 1 aromatic rings. The van der Waals surface area contributed by atoms with Gasteiger partial charge >= 0.3 is 12.0 Å². The molecule has 1 fully saturated rings. The lowest BCUT2D eigenvalue weighted by Crippen LogP contribution is -2.51. The number of nitrogens with one attached hydrogen (secondary N) is 1. The van der Waals surface area contributed by atoms with Gasteiger partial charge in [-0.2, -0.15) is 0 Å². The Labute approximate surface area is 110 Å². The first kappa shape index (κ1) is 13.3. The summed E-state index contributed by atoms with van der Waals surface area (Å²) >= 11 is 0. The zero-order valence-electron chi connectivity index (χ0n) is 10.7. The molecular weight excluding hydrogens is 251 g/mol. The number of amides is 2. The highest BCUT2D eigenvalue weighted by molar-refractivity contribution is 5.87. The van der Waals surface area contributed by atoms with Gasteiger partial charge in [-0.1, -0.05) is 12.1 Å². The van der Waals surface area contributed by atoms with Gasteiger partial charge in [0.2, 0.25) is 0 Å². The second kappa shape index (κ2) is 4.53. The Balaban J connectivity index is 2.20. The highest BCUT2D eigenvalue weighted by atomic mass is 19.1. The van der Waals surface area contributed by atoms with E-state index in [2.05, 4.69) is 5.32 Å². The molecule has 2 rings (SSSR count). The second-order valence-corrected chi connectivity index (χ2v) is 5.03. The van der Waals surface area contributed by atoms with Crippen LogP contribution in [0.3, 0.4) is 0 Å². The number of aliphatic carboxylic acids is 1. The summed E-state index contributed by atoms with van der Waals surface area (Å²) < 4.78 is 12.8. The zero-order valence-corrected chi connectivity index (χ0v) is 10.7. The SMILES string of the molecule is CC(C)(C(=O)O)N1CC(c2ccc(F)cc2)NC1=O. The first-order valence-electron chi connectivity index (χ1n) is 5.89. The molecule has 1 aliphatic heterocycles.